The molecule has 1 aliphatic rings. The largest absolute Gasteiger partial charge is 0.393 e. The number of aliphatic imine (C=N–C) groups is 1. The SMILES string of the molecule is CC(C)NC(N)=NC1CC(O)C1. The Labute approximate surface area is 72.9 Å². The van der Waals surface area contributed by atoms with Gasteiger partial charge in [0, 0.05) is 6.04 Å². The fourth-order valence-corrected chi connectivity index (χ4v) is 1.19. The zero-order valence-corrected chi connectivity index (χ0v) is 7.62. The molecule has 0 radical (unpaired) electrons. The smallest absolute Gasteiger partial charge is 0.189 e. The minimum absolute atomic E-state index is 0.161. The number of aliphatic hydroxyl groups is 1. The lowest BCUT2D eigenvalue weighted by Gasteiger charge is -2.28. The number of nitrogens with zero attached hydrogens (tertiary/aromatic N) is 1. The van der Waals surface area contributed by atoms with Gasteiger partial charge in [-0.15, -0.1) is 0 Å². The van der Waals surface area contributed by atoms with Crippen molar-refractivity contribution in [2.75, 3.05) is 0 Å². The van der Waals surface area contributed by atoms with Gasteiger partial charge < -0.3 is 16.2 Å². The fourth-order valence-electron chi connectivity index (χ4n) is 1.19. The summed E-state index contributed by atoms with van der Waals surface area (Å²) in [6.07, 6.45) is 1.34. The molecule has 4 N–H and O–H groups in total. The van der Waals surface area contributed by atoms with Gasteiger partial charge in [-0.1, -0.05) is 0 Å². The molecule has 0 aromatic rings. The van der Waals surface area contributed by atoms with Crippen LogP contribution in [0.2, 0.25) is 0 Å². The van der Waals surface area contributed by atoms with Crippen LogP contribution in [0, 0.1) is 0 Å². The van der Waals surface area contributed by atoms with Crippen LogP contribution in [0.1, 0.15) is 26.7 Å². The molecule has 0 aromatic heterocycles. The molecule has 1 rings (SSSR count). The highest BCUT2D eigenvalue weighted by Gasteiger charge is 2.26. The number of guanidine groups is 1. The molecule has 1 saturated carbocycles. The van der Waals surface area contributed by atoms with Gasteiger partial charge in [0.1, 0.15) is 0 Å². The zero-order valence-electron chi connectivity index (χ0n) is 7.62. The molecule has 0 heterocycles. The quantitative estimate of drug-likeness (QED) is 0.399. The summed E-state index contributed by atoms with van der Waals surface area (Å²) in [4.78, 5) is 4.20. The molecule has 4 heteroatoms. The van der Waals surface area contributed by atoms with Crippen molar-refractivity contribution < 1.29 is 5.11 Å². The lowest BCUT2D eigenvalue weighted by Crippen LogP contribution is -2.40. The lowest BCUT2D eigenvalue weighted by atomic mass is 9.90. The topological polar surface area (TPSA) is 70.6 Å². The van der Waals surface area contributed by atoms with Crippen LogP contribution in [0.25, 0.3) is 0 Å². The van der Waals surface area contributed by atoms with Crippen LogP contribution < -0.4 is 11.1 Å². The number of hydrogen-bond donors (Lipinski definition) is 3. The molecule has 0 amide bonds. The monoisotopic (exact) mass is 171 g/mol. The van der Waals surface area contributed by atoms with Crippen LogP contribution >= 0.6 is 0 Å². The maximum Gasteiger partial charge on any atom is 0.189 e. The van der Waals surface area contributed by atoms with Gasteiger partial charge in [0.15, 0.2) is 5.96 Å². The number of nitrogens with two attached hydrogens (primary N) is 1. The van der Waals surface area contributed by atoms with Gasteiger partial charge in [-0.3, -0.25) is 0 Å². The van der Waals surface area contributed by atoms with Crippen molar-refractivity contribution in [3.8, 4) is 0 Å². The Morgan fingerprint density at radius 1 is 1.58 bits per heavy atom. The molecule has 70 valence electrons. The Morgan fingerprint density at radius 3 is 2.58 bits per heavy atom. The number of nitrogens with one attached hydrogen (secondary N) is 1. The fraction of sp³-hybridized carbons (Fsp3) is 0.875. The van der Waals surface area contributed by atoms with Crippen LogP contribution in [0.5, 0.6) is 0 Å². The summed E-state index contributed by atoms with van der Waals surface area (Å²) in [5, 5.41) is 12.0. The van der Waals surface area contributed by atoms with E-state index in [1.54, 1.807) is 0 Å². The van der Waals surface area contributed by atoms with Gasteiger partial charge in [-0.05, 0) is 26.7 Å². The summed E-state index contributed by atoms with van der Waals surface area (Å²) >= 11 is 0. The minimum atomic E-state index is -0.161. The van der Waals surface area contributed by atoms with Crippen LogP contribution in [0.4, 0.5) is 0 Å². The highest BCUT2D eigenvalue weighted by Crippen LogP contribution is 2.22. The number of aliphatic hydroxyl groups excluding tert-OH is 1. The first-order valence-corrected chi connectivity index (χ1v) is 4.36. The van der Waals surface area contributed by atoms with Crippen LogP contribution in [0.15, 0.2) is 4.99 Å². The average molecular weight is 171 g/mol. The molecule has 0 atom stereocenters. The molecule has 12 heavy (non-hydrogen) atoms. The molecule has 0 unspecified atom stereocenters. The van der Waals surface area contributed by atoms with Crippen molar-refractivity contribution in [1.82, 2.24) is 5.32 Å². The predicted octanol–water partition coefficient (Wildman–Crippen LogP) is -0.178. The van der Waals surface area contributed by atoms with E-state index in [2.05, 4.69) is 10.3 Å². The third-order valence-corrected chi connectivity index (χ3v) is 1.85. The summed E-state index contributed by atoms with van der Waals surface area (Å²) in [7, 11) is 0. The predicted molar refractivity (Wildman–Crippen MR) is 48.9 cm³/mol. The highest BCUT2D eigenvalue weighted by molar-refractivity contribution is 5.78. The molecule has 0 saturated heterocycles. The Balaban J connectivity index is 2.26. The third-order valence-electron chi connectivity index (χ3n) is 1.85. The summed E-state index contributed by atoms with van der Waals surface area (Å²) < 4.78 is 0. The van der Waals surface area contributed by atoms with Gasteiger partial charge in [0.2, 0.25) is 0 Å². The molecular weight excluding hydrogens is 154 g/mol. The summed E-state index contributed by atoms with van der Waals surface area (Å²) in [6.45, 7) is 4.02. The zero-order chi connectivity index (χ0) is 9.14. The van der Waals surface area contributed by atoms with Crippen molar-refractivity contribution in [3.63, 3.8) is 0 Å². The second-order valence-corrected chi connectivity index (χ2v) is 3.59. The molecule has 1 aliphatic carbocycles. The highest BCUT2D eigenvalue weighted by atomic mass is 16.3. The van der Waals surface area contributed by atoms with Gasteiger partial charge in [0.25, 0.3) is 0 Å². The second kappa shape index (κ2) is 3.76. The van der Waals surface area contributed by atoms with Crippen molar-refractivity contribution >= 4 is 5.96 Å². The molecule has 0 aromatic carbocycles. The molecule has 4 nitrogen and oxygen atoms in total. The molecule has 0 aliphatic heterocycles. The number of rotatable bonds is 2. The van der Waals surface area contributed by atoms with Gasteiger partial charge in [0.05, 0.1) is 12.1 Å². The average Bonchev–Trinajstić information content (AvgIpc) is 1.82. The minimum Gasteiger partial charge on any atom is -0.393 e. The Morgan fingerprint density at radius 2 is 2.17 bits per heavy atom. The first-order valence-electron chi connectivity index (χ1n) is 4.36. The Kier molecular flexibility index (Phi) is 2.92. The molecular formula is C8H17N3O. The summed E-state index contributed by atoms with van der Waals surface area (Å²) in [5.41, 5.74) is 5.59. The second-order valence-electron chi connectivity index (χ2n) is 3.59. The third kappa shape index (κ3) is 2.70. The molecule has 1 fully saturated rings. The maximum atomic E-state index is 8.98. The van der Waals surface area contributed by atoms with Crippen molar-refractivity contribution in [2.45, 2.75) is 44.9 Å². The standard InChI is InChI=1S/C8H17N3O/c1-5(2)10-8(9)11-6-3-7(12)4-6/h5-7,12H,3-4H2,1-2H3,(H3,9,10,11). The van der Waals surface area contributed by atoms with Crippen LogP contribution in [0.3, 0.4) is 0 Å². The number of hydrogen-bond acceptors (Lipinski definition) is 2. The van der Waals surface area contributed by atoms with E-state index >= 15 is 0 Å². The van der Waals surface area contributed by atoms with E-state index in [9.17, 15) is 0 Å². The van der Waals surface area contributed by atoms with E-state index in [0.29, 0.717) is 12.0 Å². The first kappa shape index (κ1) is 9.32. The molecule has 0 bridgehead atoms. The Hall–Kier alpha value is -0.770. The normalized spacial score (nSPS) is 30.2. The summed E-state index contributed by atoms with van der Waals surface area (Å²) in [5.74, 6) is 0.488. The lowest BCUT2D eigenvalue weighted by molar-refractivity contribution is 0.0777. The van der Waals surface area contributed by atoms with Crippen molar-refractivity contribution in [2.24, 2.45) is 10.7 Å². The first-order chi connectivity index (χ1) is 5.58. The van der Waals surface area contributed by atoms with Crippen molar-refractivity contribution in [3.05, 3.63) is 0 Å². The van der Waals surface area contributed by atoms with E-state index < -0.39 is 0 Å². The summed E-state index contributed by atoms with van der Waals surface area (Å²) in [6, 6.07) is 0.546. The van der Waals surface area contributed by atoms with E-state index in [4.69, 9.17) is 10.8 Å². The maximum absolute atomic E-state index is 8.98. The molecule has 0 spiro atoms. The van der Waals surface area contributed by atoms with E-state index in [1.807, 2.05) is 13.8 Å². The van der Waals surface area contributed by atoms with Crippen LogP contribution in [-0.2, 0) is 0 Å². The van der Waals surface area contributed by atoms with Gasteiger partial charge >= 0.3 is 0 Å². The van der Waals surface area contributed by atoms with Gasteiger partial charge in [-0.2, -0.15) is 0 Å². The van der Waals surface area contributed by atoms with Crippen molar-refractivity contribution in [1.29, 1.82) is 0 Å². The van der Waals surface area contributed by atoms with E-state index in [1.165, 1.54) is 0 Å². The van der Waals surface area contributed by atoms with Gasteiger partial charge in [-0.25, -0.2) is 4.99 Å². The van der Waals surface area contributed by atoms with E-state index in [0.717, 1.165) is 12.8 Å². The van der Waals surface area contributed by atoms with Crippen LogP contribution in [-0.4, -0.2) is 29.3 Å². The Bertz CT molecular complexity index is 173. The van der Waals surface area contributed by atoms with E-state index in [-0.39, 0.29) is 12.1 Å².